The second kappa shape index (κ2) is 11.2. The summed E-state index contributed by atoms with van der Waals surface area (Å²) in [6, 6.07) is 18.3. The molecule has 7 heteroatoms. The lowest BCUT2D eigenvalue weighted by atomic mass is 9.88. The van der Waals surface area contributed by atoms with Gasteiger partial charge in [-0.1, -0.05) is 54.1 Å². The van der Waals surface area contributed by atoms with Crippen LogP contribution in [0.25, 0.3) is 0 Å². The summed E-state index contributed by atoms with van der Waals surface area (Å²) in [4.78, 5) is 21.5. The van der Waals surface area contributed by atoms with Gasteiger partial charge in [-0.25, -0.2) is 9.59 Å². The first-order valence-electron chi connectivity index (χ1n) is 9.15. The van der Waals surface area contributed by atoms with Gasteiger partial charge in [-0.05, 0) is 31.2 Å². The van der Waals surface area contributed by atoms with E-state index in [1.54, 1.807) is 0 Å². The van der Waals surface area contributed by atoms with E-state index in [1.165, 1.54) is 5.56 Å². The van der Waals surface area contributed by atoms with Crippen LogP contribution in [0, 0.1) is 0 Å². The number of para-hydroxylation sites is 1. The summed E-state index contributed by atoms with van der Waals surface area (Å²) in [5, 5.41) is 16.3. The molecule has 0 spiro atoms. The van der Waals surface area contributed by atoms with Gasteiger partial charge in [0, 0.05) is 31.2 Å². The molecule has 0 radical (unpaired) electrons. The van der Waals surface area contributed by atoms with Gasteiger partial charge < -0.3 is 19.8 Å². The van der Waals surface area contributed by atoms with Crippen LogP contribution in [-0.2, 0) is 9.59 Å². The molecule has 0 bridgehead atoms. The van der Waals surface area contributed by atoms with Gasteiger partial charge in [0.05, 0.1) is 5.02 Å². The molecule has 1 aliphatic heterocycles. The van der Waals surface area contributed by atoms with Gasteiger partial charge in [-0.3, -0.25) is 0 Å². The summed E-state index contributed by atoms with van der Waals surface area (Å²) >= 11 is 6.23. The average molecular weight is 418 g/mol. The fraction of sp³-hybridized carbons (Fsp3) is 0.273. The number of hydrogen-bond acceptors (Lipinski definition) is 4. The number of likely N-dealkylation sites (N-methyl/N-ethyl adjacent to an activating group) is 1. The van der Waals surface area contributed by atoms with E-state index in [0.29, 0.717) is 23.1 Å². The van der Waals surface area contributed by atoms with Crippen LogP contribution in [-0.4, -0.2) is 53.3 Å². The minimum absolute atomic E-state index is 0.170. The van der Waals surface area contributed by atoms with Crippen molar-refractivity contribution in [1.82, 2.24) is 4.90 Å². The lowest BCUT2D eigenvalue weighted by molar-refractivity contribution is -0.134. The third kappa shape index (κ3) is 7.60. The molecule has 154 valence electrons. The molecule has 2 aromatic rings. The highest BCUT2D eigenvalue weighted by atomic mass is 35.5. The Labute approximate surface area is 175 Å². The summed E-state index contributed by atoms with van der Waals surface area (Å²) < 4.78 is 6.24. The highest BCUT2D eigenvalue weighted by molar-refractivity contribution is 6.32. The Bertz CT molecular complexity index is 824. The summed E-state index contributed by atoms with van der Waals surface area (Å²) in [5.41, 5.74) is 1.33. The predicted molar refractivity (Wildman–Crippen MR) is 112 cm³/mol. The molecule has 0 unspecified atom stereocenters. The molecule has 2 aromatic carbocycles. The van der Waals surface area contributed by atoms with Gasteiger partial charge in [0.15, 0.2) is 0 Å². The fourth-order valence-electron chi connectivity index (χ4n) is 3.10. The molecule has 1 aliphatic rings. The minimum atomic E-state index is -1.26. The second-order valence-electron chi connectivity index (χ2n) is 6.66. The molecule has 1 saturated heterocycles. The Balaban J connectivity index is 0.000000321. The van der Waals surface area contributed by atoms with Gasteiger partial charge in [-0.15, -0.1) is 0 Å². The molecule has 1 fully saturated rings. The van der Waals surface area contributed by atoms with E-state index in [4.69, 9.17) is 26.6 Å². The number of carboxylic acid groups (broad SMARTS) is 2. The first-order valence-corrected chi connectivity index (χ1v) is 9.53. The molecule has 0 amide bonds. The van der Waals surface area contributed by atoms with E-state index >= 15 is 0 Å². The van der Waals surface area contributed by atoms with E-state index in [-0.39, 0.29) is 6.10 Å². The number of likely N-dealkylation sites (tertiary alicyclic amines) is 1. The van der Waals surface area contributed by atoms with Crippen LogP contribution in [0.2, 0.25) is 5.02 Å². The van der Waals surface area contributed by atoms with E-state index in [0.717, 1.165) is 25.3 Å². The van der Waals surface area contributed by atoms with Crippen LogP contribution in [0.3, 0.4) is 0 Å². The third-order valence-corrected chi connectivity index (χ3v) is 4.78. The third-order valence-electron chi connectivity index (χ3n) is 4.46. The molecule has 3 rings (SSSR count). The topological polar surface area (TPSA) is 87.1 Å². The Morgan fingerprint density at radius 1 is 1.03 bits per heavy atom. The standard InChI is InChI=1S/C18H20ClNO.C4H4O4/c1-20-12-11-17(21-18-10-6-5-9-16(18)19)15(13-20)14-7-3-2-4-8-14;5-3(6)1-2-4(7)8/h2-10,15,17H,11-13H2,1H3;1-2H,(H,5,6)(H,7,8)/t15-,17-;/m0./s1. The summed E-state index contributed by atoms with van der Waals surface area (Å²) in [6.07, 6.45) is 2.30. The summed E-state index contributed by atoms with van der Waals surface area (Å²) in [7, 11) is 2.17. The zero-order chi connectivity index (χ0) is 21.2. The second-order valence-corrected chi connectivity index (χ2v) is 7.07. The van der Waals surface area contributed by atoms with Gasteiger partial charge in [0.25, 0.3) is 0 Å². The van der Waals surface area contributed by atoms with Crippen molar-refractivity contribution in [3.05, 3.63) is 77.3 Å². The number of aliphatic carboxylic acids is 2. The van der Waals surface area contributed by atoms with Crippen molar-refractivity contribution >= 4 is 23.5 Å². The monoisotopic (exact) mass is 417 g/mol. The number of benzene rings is 2. The zero-order valence-corrected chi connectivity index (χ0v) is 16.8. The van der Waals surface area contributed by atoms with E-state index in [1.807, 2.05) is 24.3 Å². The van der Waals surface area contributed by atoms with Crippen molar-refractivity contribution in [1.29, 1.82) is 0 Å². The van der Waals surface area contributed by atoms with Crippen molar-refractivity contribution in [2.75, 3.05) is 20.1 Å². The Morgan fingerprint density at radius 2 is 1.62 bits per heavy atom. The average Bonchev–Trinajstić information content (AvgIpc) is 2.70. The number of piperidine rings is 1. The molecule has 29 heavy (non-hydrogen) atoms. The molecule has 0 saturated carbocycles. The number of carbonyl (C=O) groups is 2. The summed E-state index contributed by atoms with van der Waals surface area (Å²) in [6.45, 7) is 2.07. The van der Waals surface area contributed by atoms with Crippen molar-refractivity contribution in [3.63, 3.8) is 0 Å². The van der Waals surface area contributed by atoms with Crippen LogP contribution >= 0.6 is 11.6 Å². The zero-order valence-electron chi connectivity index (χ0n) is 16.1. The van der Waals surface area contributed by atoms with E-state index in [2.05, 4.69) is 42.3 Å². The van der Waals surface area contributed by atoms with Crippen LogP contribution in [0.1, 0.15) is 17.9 Å². The van der Waals surface area contributed by atoms with Crippen LogP contribution in [0.5, 0.6) is 5.75 Å². The van der Waals surface area contributed by atoms with Gasteiger partial charge in [0.1, 0.15) is 11.9 Å². The number of carboxylic acids is 2. The highest BCUT2D eigenvalue weighted by Gasteiger charge is 2.30. The predicted octanol–water partition coefficient (Wildman–Crippen LogP) is 3.92. The Morgan fingerprint density at radius 3 is 2.21 bits per heavy atom. The molecule has 0 aromatic heterocycles. The van der Waals surface area contributed by atoms with Crippen molar-refractivity contribution < 1.29 is 24.5 Å². The lowest BCUT2D eigenvalue weighted by Crippen LogP contribution is -2.42. The molecular weight excluding hydrogens is 394 g/mol. The lowest BCUT2D eigenvalue weighted by Gasteiger charge is -2.37. The van der Waals surface area contributed by atoms with Crippen LogP contribution in [0.15, 0.2) is 66.7 Å². The minimum Gasteiger partial charge on any atom is -0.488 e. The molecular formula is C22H24ClNO5. The van der Waals surface area contributed by atoms with Gasteiger partial charge in [-0.2, -0.15) is 0 Å². The number of halogens is 1. The van der Waals surface area contributed by atoms with Gasteiger partial charge in [0.2, 0.25) is 0 Å². The first kappa shape index (κ1) is 22.5. The van der Waals surface area contributed by atoms with E-state index < -0.39 is 11.9 Å². The maximum absolute atomic E-state index is 9.55. The van der Waals surface area contributed by atoms with Crippen molar-refractivity contribution in [2.45, 2.75) is 18.4 Å². The molecule has 0 aliphatic carbocycles. The molecule has 6 nitrogen and oxygen atoms in total. The maximum Gasteiger partial charge on any atom is 0.328 e. The normalized spacial score (nSPS) is 19.2. The number of nitrogens with zero attached hydrogens (tertiary/aromatic N) is 1. The number of ether oxygens (including phenoxy) is 1. The van der Waals surface area contributed by atoms with Crippen molar-refractivity contribution in [3.8, 4) is 5.75 Å². The Hall–Kier alpha value is -2.83. The highest BCUT2D eigenvalue weighted by Crippen LogP contribution is 2.32. The van der Waals surface area contributed by atoms with Crippen LogP contribution < -0.4 is 4.74 Å². The quantitative estimate of drug-likeness (QED) is 0.717. The smallest absolute Gasteiger partial charge is 0.328 e. The number of rotatable bonds is 5. The summed E-state index contributed by atoms with van der Waals surface area (Å²) in [5.74, 6) is -1.35. The number of hydrogen-bond donors (Lipinski definition) is 2. The Kier molecular flexibility index (Phi) is 8.70. The maximum atomic E-state index is 9.55. The van der Waals surface area contributed by atoms with E-state index in [9.17, 15) is 9.59 Å². The SMILES string of the molecule is CN1CC[C@H](Oc2ccccc2Cl)[C@H](c2ccccc2)C1.O=C(O)C=CC(=O)O. The molecule has 2 atom stereocenters. The van der Waals surface area contributed by atoms with Crippen LogP contribution in [0.4, 0.5) is 0 Å². The first-order chi connectivity index (χ1) is 13.9. The molecule has 1 heterocycles. The largest absolute Gasteiger partial charge is 0.488 e. The van der Waals surface area contributed by atoms with Gasteiger partial charge >= 0.3 is 11.9 Å². The van der Waals surface area contributed by atoms with Crippen molar-refractivity contribution in [2.24, 2.45) is 0 Å². The fourth-order valence-corrected chi connectivity index (χ4v) is 3.28. The molecule has 2 N–H and O–H groups in total.